The second kappa shape index (κ2) is 12.2. The number of ether oxygens (including phenoxy) is 2. The Balaban J connectivity index is 0.000000454. The first-order valence-corrected chi connectivity index (χ1v) is 12.3. The molecule has 0 radical (unpaired) electrons. The smallest absolute Gasteiger partial charge is 0.484 e. The molecule has 0 saturated carbocycles. The van der Waals surface area contributed by atoms with E-state index in [1.807, 2.05) is 36.1 Å². The molecule has 1 aromatic carbocycles. The van der Waals surface area contributed by atoms with Gasteiger partial charge in [0, 0.05) is 32.7 Å². The first-order valence-electron chi connectivity index (χ1n) is 12.3. The van der Waals surface area contributed by atoms with E-state index < -0.39 is 12.1 Å². The number of carboxylic acids is 1. The van der Waals surface area contributed by atoms with E-state index in [-0.39, 0.29) is 30.1 Å². The average Bonchev–Trinajstić information content (AvgIpc) is 3.22. The maximum Gasteiger partial charge on any atom is 0.490 e. The molecule has 3 saturated heterocycles. The standard InChI is InChI=1S/C23H34N2O4.C2HF3O2/c1-18-2-4-20(5-3-18)28-16-22(27)25-12-8-23(9-13-25)14-21(29-17-23)15-24-10-6-19(26)7-11-24;3-2(4,5)1(6)7/h2-5,19,21,26H,6-17H2,1H3;(H,6,7). The average molecular weight is 517 g/mol. The van der Waals surface area contributed by atoms with Crippen LogP contribution in [0.25, 0.3) is 0 Å². The van der Waals surface area contributed by atoms with E-state index in [0.29, 0.717) is 0 Å². The lowest BCUT2D eigenvalue weighted by Crippen LogP contribution is -2.45. The van der Waals surface area contributed by atoms with Crippen LogP contribution in [0.2, 0.25) is 0 Å². The van der Waals surface area contributed by atoms with Gasteiger partial charge >= 0.3 is 12.1 Å². The Morgan fingerprint density at radius 2 is 1.69 bits per heavy atom. The van der Waals surface area contributed by atoms with Crippen molar-refractivity contribution in [3.8, 4) is 5.75 Å². The third-order valence-corrected chi connectivity index (χ3v) is 7.11. The monoisotopic (exact) mass is 516 g/mol. The molecule has 3 aliphatic heterocycles. The minimum atomic E-state index is -5.08. The number of hydrogen-bond acceptors (Lipinski definition) is 6. The van der Waals surface area contributed by atoms with Crippen LogP contribution in [0.3, 0.4) is 0 Å². The lowest BCUT2D eigenvalue weighted by molar-refractivity contribution is -0.192. The van der Waals surface area contributed by atoms with E-state index in [4.69, 9.17) is 19.4 Å². The van der Waals surface area contributed by atoms with Gasteiger partial charge < -0.3 is 29.5 Å². The number of carbonyl (C=O) groups is 2. The predicted octanol–water partition coefficient (Wildman–Crippen LogP) is 2.86. The molecule has 1 aromatic rings. The highest BCUT2D eigenvalue weighted by Gasteiger charge is 2.43. The van der Waals surface area contributed by atoms with Gasteiger partial charge in [0.2, 0.25) is 0 Å². The summed E-state index contributed by atoms with van der Waals surface area (Å²) >= 11 is 0. The van der Waals surface area contributed by atoms with Gasteiger partial charge in [-0.2, -0.15) is 13.2 Å². The van der Waals surface area contributed by atoms with E-state index in [1.54, 1.807) is 0 Å². The van der Waals surface area contributed by atoms with Crippen molar-refractivity contribution in [2.45, 2.75) is 57.4 Å². The minimum Gasteiger partial charge on any atom is -0.484 e. The normalized spacial score (nSPS) is 22.7. The molecule has 202 valence electrons. The van der Waals surface area contributed by atoms with E-state index >= 15 is 0 Å². The molecule has 11 heteroatoms. The Hall–Kier alpha value is -2.37. The number of likely N-dealkylation sites (tertiary alicyclic amines) is 2. The zero-order chi connectivity index (χ0) is 26.3. The maximum atomic E-state index is 12.5. The molecule has 1 atom stereocenters. The molecule has 36 heavy (non-hydrogen) atoms. The first kappa shape index (κ1) is 28.2. The molecule has 4 rings (SSSR count). The number of carboxylic acid groups (broad SMARTS) is 1. The van der Waals surface area contributed by atoms with Crippen molar-refractivity contribution >= 4 is 11.9 Å². The van der Waals surface area contributed by atoms with Crippen LogP contribution in [0.1, 0.15) is 37.7 Å². The fourth-order valence-electron chi connectivity index (χ4n) is 4.85. The number of nitrogens with zero attached hydrogens (tertiary/aromatic N) is 2. The van der Waals surface area contributed by atoms with Gasteiger partial charge in [0.1, 0.15) is 5.75 Å². The number of carbonyl (C=O) groups excluding carboxylic acids is 1. The summed E-state index contributed by atoms with van der Waals surface area (Å²) in [5.41, 5.74) is 1.41. The molecular weight excluding hydrogens is 481 g/mol. The molecule has 1 amide bonds. The number of halogens is 3. The molecule has 0 aliphatic carbocycles. The Kier molecular flexibility index (Phi) is 9.59. The number of amides is 1. The summed E-state index contributed by atoms with van der Waals surface area (Å²) in [5, 5.41) is 16.8. The van der Waals surface area contributed by atoms with Crippen molar-refractivity contribution in [2.75, 3.05) is 45.9 Å². The van der Waals surface area contributed by atoms with Crippen LogP contribution < -0.4 is 4.74 Å². The van der Waals surface area contributed by atoms with Crippen LogP contribution in [0.15, 0.2) is 24.3 Å². The van der Waals surface area contributed by atoms with Crippen LogP contribution in [0.5, 0.6) is 5.75 Å². The van der Waals surface area contributed by atoms with Gasteiger partial charge in [0.05, 0.1) is 18.8 Å². The lowest BCUT2D eigenvalue weighted by Gasteiger charge is -2.38. The molecule has 0 aromatic heterocycles. The van der Waals surface area contributed by atoms with Crippen LogP contribution in [0.4, 0.5) is 13.2 Å². The van der Waals surface area contributed by atoms with Crippen LogP contribution in [-0.4, -0.2) is 96.2 Å². The summed E-state index contributed by atoms with van der Waals surface area (Å²) < 4.78 is 43.6. The van der Waals surface area contributed by atoms with Crippen molar-refractivity contribution in [2.24, 2.45) is 5.41 Å². The maximum absolute atomic E-state index is 12.5. The van der Waals surface area contributed by atoms with Gasteiger partial charge in [0.25, 0.3) is 5.91 Å². The topological polar surface area (TPSA) is 99.5 Å². The fourth-order valence-corrected chi connectivity index (χ4v) is 4.85. The zero-order valence-electron chi connectivity index (χ0n) is 20.5. The molecule has 3 aliphatic rings. The van der Waals surface area contributed by atoms with Crippen LogP contribution >= 0.6 is 0 Å². The van der Waals surface area contributed by atoms with Gasteiger partial charge in [-0.3, -0.25) is 4.79 Å². The quantitative estimate of drug-likeness (QED) is 0.621. The number of rotatable bonds is 5. The summed E-state index contributed by atoms with van der Waals surface area (Å²) in [6.45, 7) is 7.46. The summed E-state index contributed by atoms with van der Waals surface area (Å²) in [6.07, 6.45) is -0.0549. The molecule has 2 N–H and O–H groups in total. The molecule has 1 spiro atoms. The summed E-state index contributed by atoms with van der Waals surface area (Å²) in [5.74, 6) is -1.94. The Labute approximate surface area is 209 Å². The second-order valence-corrected chi connectivity index (χ2v) is 9.95. The number of aliphatic carboxylic acids is 1. The predicted molar refractivity (Wildman–Crippen MR) is 125 cm³/mol. The van der Waals surface area contributed by atoms with Crippen molar-refractivity contribution in [3.05, 3.63) is 29.8 Å². The summed E-state index contributed by atoms with van der Waals surface area (Å²) in [7, 11) is 0. The third-order valence-electron chi connectivity index (χ3n) is 7.11. The van der Waals surface area contributed by atoms with E-state index in [1.165, 1.54) is 5.56 Å². The van der Waals surface area contributed by atoms with Gasteiger partial charge in [0.15, 0.2) is 6.61 Å². The van der Waals surface area contributed by atoms with Gasteiger partial charge in [-0.15, -0.1) is 0 Å². The number of piperidine rings is 2. The van der Waals surface area contributed by atoms with Crippen molar-refractivity contribution in [3.63, 3.8) is 0 Å². The number of aliphatic hydroxyl groups is 1. The highest BCUT2D eigenvalue weighted by Crippen LogP contribution is 2.42. The number of aliphatic hydroxyl groups excluding tert-OH is 1. The number of alkyl halides is 3. The largest absolute Gasteiger partial charge is 0.490 e. The highest BCUT2D eigenvalue weighted by molar-refractivity contribution is 5.77. The minimum absolute atomic E-state index is 0.0720. The van der Waals surface area contributed by atoms with E-state index in [0.717, 1.165) is 77.2 Å². The van der Waals surface area contributed by atoms with E-state index in [2.05, 4.69) is 4.90 Å². The molecule has 1 unspecified atom stereocenters. The van der Waals surface area contributed by atoms with Crippen molar-refractivity contribution in [1.82, 2.24) is 9.80 Å². The second-order valence-electron chi connectivity index (χ2n) is 9.95. The first-order chi connectivity index (χ1) is 17.0. The van der Waals surface area contributed by atoms with Crippen LogP contribution in [-0.2, 0) is 14.3 Å². The molecule has 3 heterocycles. The van der Waals surface area contributed by atoms with Gasteiger partial charge in [-0.25, -0.2) is 4.79 Å². The SMILES string of the molecule is Cc1ccc(OCC(=O)N2CCC3(CC2)COC(CN2CCC(O)CC2)C3)cc1.O=C(O)C(F)(F)F. The summed E-state index contributed by atoms with van der Waals surface area (Å²) in [4.78, 5) is 25.8. The summed E-state index contributed by atoms with van der Waals surface area (Å²) in [6, 6.07) is 7.81. The zero-order valence-corrected chi connectivity index (χ0v) is 20.5. The van der Waals surface area contributed by atoms with Gasteiger partial charge in [-0.1, -0.05) is 17.7 Å². The van der Waals surface area contributed by atoms with Crippen molar-refractivity contribution < 1.29 is 42.4 Å². The number of hydrogen-bond donors (Lipinski definition) is 2. The Morgan fingerprint density at radius 3 is 2.25 bits per heavy atom. The van der Waals surface area contributed by atoms with Crippen molar-refractivity contribution in [1.29, 1.82) is 0 Å². The lowest BCUT2D eigenvalue weighted by atomic mass is 9.76. The van der Waals surface area contributed by atoms with E-state index in [9.17, 15) is 23.1 Å². The molecule has 8 nitrogen and oxygen atoms in total. The Morgan fingerprint density at radius 1 is 1.11 bits per heavy atom. The molecular formula is C25H35F3N2O6. The Bertz CT molecular complexity index is 864. The highest BCUT2D eigenvalue weighted by atomic mass is 19.4. The third kappa shape index (κ3) is 8.35. The number of aryl methyl sites for hydroxylation is 1. The fraction of sp³-hybridized carbons (Fsp3) is 0.680. The van der Waals surface area contributed by atoms with Gasteiger partial charge in [-0.05, 0) is 56.6 Å². The van der Waals surface area contributed by atoms with Crippen LogP contribution in [0, 0.1) is 12.3 Å². The molecule has 0 bridgehead atoms. The molecule has 3 fully saturated rings. The number of benzene rings is 1.